The first-order valence-corrected chi connectivity index (χ1v) is 7.69. The van der Waals surface area contributed by atoms with E-state index in [1.54, 1.807) is 32.9 Å². The Labute approximate surface area is 126 Å². The molecule has 1 aromatic carbocycles. The molecular formula is C13H21ClN2O3S. The average Bonchev–Trinajstić information content (AvgIpc) is 2.38. The van der Waals surface area contributed by atoms with Crippen LogP contribution in [0.25, 0.3) is 0 Å². The second kappa shape index (κ2) is 7.61. The minimum Gasteiger partial charge on any atom is -0.348 e. The highest BCUT2D eigenvalue weighted by Crippen LogP contribution is 2.20. The molecule has 5 nitrogen and oxygen atoms in total. The SMILES string of the molecule is CC(C)S(=O)(=O)c1ccccc1C(=O)N[C@@H](C)CN.Cl. The third-order valence-corrected chi connectivity index (χ3v) is 5.00. The van der Waals surface area contributed by atoms with Crippen LogP contribution in [0.15, 0.2) is 29.2 Å². The number of halogens is 1. The van der Waals surface area contributed by atoms with Gasteiger partial charge < -0.3 is 11.1 Å². The van der Waals surface area contributed by atoms with Crippen LogP contribution < -0.4 is 11.1 Å². The molecule has 0 unspecified atom stereocenters. The maximum atomic E-state index is 12.2. The fourth-order valence-electron chi connectivity index (χ4n) is 1.52. The van der Waals surface area contributed by atoms with E-state index in [2.05, 4.69) is 5.32 Å². The Morgan fingerprint density at radius 1 is 1.25 bits per heavy atom. The Morgan fingerprint density at radius 2 is 1.80 bits per heavy atom. The lowest BCUT2D eigenvalue weighted by atomic mass is 10.2. The van der Waals surface area contributed by atoms with Crippen molar-refractivity contribution in [2.75, 3.05) is 6.54 Å². The maximum Gasteiger partial charge on any atom is 0.252 e. The summed E-state index contributed by atoms with van der Waals surface area (Å²) >= 11 is 0. The highest BCUT2D eigenvalue weighted by Gasteiger charge is 2.25. The van der Waals surface area contributed by atoms with E-state index in [1.165, 1.54) is 12.1 Å². The van der Waals surface area contributed by atoms with Crippen molar-refractivity contribution < 1.29 is 13.2 Å². The summed E-state index contributed by atoms with van der Waals surface area (Å²) in [4.78, 5) is 12.1. The minimum atomic E-state index is -3.49. The molecule has 1 rings (SSSR count). The molecule has 0 spiro atoms. The number of amides is 1. The van der Waals surface area contributed by atoms with Gasteiger partial charge in [0.2, 0.25) is 0 Å². The lowest BCUT2D eigenvalue weighted by Gasteiger charge is -2.15. The van der Waals surface area contributed by atoms with Crippen molar-refractivity contribution in [3.63, 3.8) is 0 Å². The van der Waals surface area contributed by atoms with E-state index in [4.69, 9.17) is 5.73 Å². The van der Waals surface area contributed by atoms with Crippen LogP contribution in [-0.2, 0) is 9.84 Å². The molecule has 0 bridgehead atoms. The second-order valence-corrected chi connectivity index (χ2v) is 7.17. The van der Waals surface area contributed by atoms with Gasteiger partial charge in [0.25, 0.3) is 5.91 Å². The predicted octanol–water partition coefficient (Wildman–Crippen LogP) is 1.37. The summed E-state index contributed by atoms with van der Waals surface area (Å²) in [6, 6.07) is 6.01. The molecule has 0 aliphatic rings. The molecule has 0 radical (unpaired) electrons. The van der Waals surface area contributed by atoms with Crippen molar-refractivity contribution in [3.05, 3.63) is 29.8 Å². The van der Waals surface area contributed by atoms with Gasteiger partial charge in [0.15, 0.2) is 9.84 Å². The molecule has 1 aromatic rings. The fourth-order valence-corrected chi connectivity index (χ4v) is 2.76. The first kappa shape index (κ1) is 18.9. The van der Waals surface area contributed by atoms with Gasteiger partial charge in [-0.2, -0.15) is 0 Å². The van der Waals surface area contributed by atoms with Crippen molar-refractivity contribution in [2.45, 2.75) is 37.0 Å². The van der Waals surface area contributed by atoms with Gasteiger partial charge in [0.1, 0.15) is 0 Å². The average molecular weight is 321 g/mol. The van der Waals surface area contributed by atoms with E-state index in [1.807, 2.05) is 0 Å². The van der Waals surface area contributed by atoms with Crippen molar-refractivity contribution in [2.24, 2.45) is 5.73 Å². The van der Waals surface area contributed by atoms with E-state index in [-0.39, 0.29) is 28.9 Å². The Kier molecular flexibility index (Phi) is 7.19. The number of benzene rings is 1. The van der Waals surface area contributed by atoms with Crippen LogP contribution in [0.1, 0.15) is 31.1 Å². The molecule has 1 amide bonds. The van der Waals surface area contributed by atoms with Crippen molar-refractivity contribution in [1.82, 2.24) is 5.32 Å². The minimum absolute atomic E-state index is 0. The monoisotopic (exact) mass is 320 g/mol. The summed E-state index contributed by atoms with van der Waals surface area (Å²) in [6.07, 6.45) is 0. The predicted molar refractivity (Wildman–Crippen MR) is 82.0 cm³/mol. The Balaban J connectivity index is 0.00000361. The van der Waals surface area contributed by atoms with Crippen LogP contribution in [0, 0.1) is 0 Å². The Morgan fingerprint density at radius 3 is 2.30 bits per heavy atom. The number of carbonyl (C=O) groups excluding carboxylic acids is 1. The summed E-state index contributed by atoms with van der Waals surface area (Å²) in [7, 11) is -3.49. The molecule has 0 aliphatic carbocycles. The van der Waals surface area contributed by atoms with Crippen LogP contribution >= 0.6 is 12.4 Å². The highest BCUT2D eigenvalue weighted by molar-refractivity contribution is 7.92. The van der Waals surface area contributed by atoms with Crippen LogP contribution in [0.4, 0.5) is 0 Å². The third-order valence-electron chi connectivity index (χ3n) is 2.79. The van der Waals surface area contributed by atoms with Crippen LogP contribution in [0.3, 0.4) is 0 Å². The van der Waals surface area contributed by atoms with Crippen LogP contribution in [-0.4, -0.2) is 32.2 Å². The molecule has 0 aliphatic heterocycles. The molecule has 1 atom stereocenters. The fraction of sp³-hybridized carbons (Fsp3) is 0.462. The number of nitrogens with one attached hydrogen (secondary N) is 1. The summed E-state index contributed by atoms with van der Waals surface area (Å²) in [6.45, 7) is 5.24. The van der Waals surface area contributed by atoms with Crippen LogP contribution in [0.2, 0.25) is 0 Å². The van der Waals surface area contributed by atoms with Gasteiger partial charge in [-0.3, -0.25) is 4.79 Å². The lowest BCUT2D eigenvalue weighted by Crippen LogP contribution is -2.38. The Hall–Kier alpha value is -1.11. The zero-order chi connectivity index (χ0) is 14.6. The molecule has 3 N–H and O–H groups in total. The molecule has 7 heteroatoms. The number of hydrogen-bond donors (Lipinski definition) is 2. The summed E-state index contributed by atoms with van der Waals surface area (Å²) in [5.74, 6) is -0.419. The van der Waals surface area contributed by atoms with Crippen molar-refractivity contribution in [3.8, 4) is 0 Å². The molecule has 0 heterocycles. The van der Waals surface area contributed by atoms with Gasteiger partial charge >= 0.3 is 0 Å². The molecule has 0 aromatic heterocycles. The quantitative estimate of drug-likeness (QED) is 0.857. The van der Waals surface area contributed by atoms with Gasteiger partial charge in [0.05, 0.1) is 15.7 Å². The van der Waals surface area contributed by atoms with E-state index in [0.29, 0.717) is 6.54 Å². The highest BCUT2D eigenvalue weighted by atomic mass is 35.5. The van der Waals surface area contributed by atoms with E-state index in [9.17, 15) is 13.2 Å². The zero-order valence-corrected chi connectivity index (χ0v) is 13.4. The number of rotatable bonds is 5. The van der Waals surface area contributed by atoms with Gasteiger partial charge in [-0.1, -0.05) is 12.1 Å². The van der Waals surface area contributed by atoms with Crippen molar-refractivity contribution in [1.29, 1.82) is 0 Å². The smallest absolute Gasteiger partial charge is 0.252 e. The lowest BCUT2D eigenvalue weighted by molar-refractivity contribution is 0.0938. The van der Waals surface area contributed by atoms with E-state index in [0.717, 1.165) is 0 Å². The normalized spacial score (nSPS) is 12.7. The second-order valence-electron chi connectivity index (χ2n) is 4.70. The van der Waals surface area contributed by atoms with Gasteiger partial charge in [-0.05, 0) is 32.9 Å². The number of sulfone groups is 1. The summed E-state index contributed by atoms with van der Waals surface area (Å²) in [5.41, 5.74) is 5.60. The molecule has 20 heavy (non-hydrogen) atoms. The molecule has 0 saturated carbocycles. The largest absolute Gasteiger partial charge is 0.348 e. The zero-order valence-electron chi connectivity index (χ0n) is 11.8. The topological polar surface area (TPSA) is 89.3 Å². The molecule has 114 valence electrons. The van der Waals surface area contributed by atoms with Crippen LogP contribution in [0.5, 0.6) is 0 Å². The summed E-state index contributed by atoms with van der Waals surface area (Å²) in [5, 5.41) is 2.09. The maximum absolute atomic E-state index is 12.2. The first-order valence-electron chi connectivity index (χ1n) is 6.14. The molecule has 0 fully saturated rings. The van der Waals surface area contributed by atoms with Gasteiger partial charge in [-0.25, -0.2) is 8.42 Å². The van der Waals surface area contributed by atoms with E-state index >= 15 is 0 Å². The van der Waals surface area contributed by atoms with Gasteiger partial charge in [-0.15, -0.1) is 12.4 Å². The number of nitrogens with two attached hydrogens (primary N) is 1. The van der Waals surface area contributed by atoms with Crippen molar-refractivity contribution >= 4 is 28.2 Å². The first-order chi connectivity index (χ1) is 8.80. The van der Waals surface area contributed by atoms with E-state index < -0.39 is 21.0 Å². The Bertz CT molecular complexity index is 558. The molecule has 0 saturated heterocycles. The third kappa shape index (κ3) is 4.19. The standard InChI is InChI=1S/C13H20N2O3S.ClH/c1-9(2)19(17,18)12-7-5-4-6-11(12)13(16)15-10(3)8-14;/h4-7,9-10H,8,14H2,1-3H3,(H,15,16);1H/t10-;/m0./s1. The number of hydrogen-bond acceptors (Lipinski definition) is 4. The molecular weight excluding hydrogens is 300 g/mol. The van der Waals surface area contributed by atoms with Gasteiger partial charge in [0, 0.05) is 12.6 Å². The number of carbonyl (C=O) groups is 1. The summed E-state index contributed by atoms with van der Waals surface area (Å²) < 4.78 is 24.4.